The van der Waals surface area contributed by atoms with E-state index < -0.39 is 0 Å². The molecule has 0 saturated heterocycles. The average Bonchev–Trinajstić information content (AvgIpc) is 2.93. The third-order valence-electron chi connectivity index (χ3n) is 2.62. The Balaban J connectivity index is 1.91. The molecule has 0 atom stereocenters. The average molecular weight is 320 g/mol. The predicted octanol–water partition coefficient (Wildman–Crippen LogP) is 3.07. The molecule has 2 rings (SSSR count). The maximum Gasteiger partial charge on any atom is 0.251 e. The number of nitrogens with one attached hydrogen (secondary N) is 1. The van der Waals surface area contributed by atoms with Crippen LogP contribution >= 0.6 is 22.9 Å². The minimum Gasteiger partial charge on any atom is -0.395 e. The van der Waals surface area contributed by atoms with E-state index in [1.165, 1.54) is 11.3 Å². The van der Waals surface area contributed by atoms with Gasteiger partial charge in [0.1, 0.15) is 0 Å². The Morgan fingerprint density at radius 1 is 1.33 bits per heavy atom. The first-order valence-electron chi connectivity index (χ1n) is 6.41. The van der Waals surface area contributed by atoms with Gasteiger partial charge < -0.3 is 10.4 Å². The van der Waals surface area contributed by atoms with Crippen LogP contribution in [0.1, 0.15) is 26.5 Å². The fourth-order valence-electron chi connectivity index (χ4n) is 1.64. The van der Waals surface area contributed by atoms with Crippen molar-refractivity contribution in [2.75, 3.05) is 6.61 Å². The molecule has 0 bridgehead atoms. The fraction of sp³-hybridized carbons (Fsp3) is 0.188. The molecule has 0 unspecified atom stereocenters. The number of hydrogen-bond donors (Lipinski definition) is 2. The summed E-state index contributed by atoms with van der Waals surface area (Å²) < 4.78 is 0. The highest BCUT2D eigenvalue weighted by Gasteiger charge is 2.06. The van der Waals surface area contributed by atoms with Gasteiger partial charge in [-0.25, -0.2) is 0 Å². The normalized spacial score (nSPS) is 9.81. The Hall–Kier alpha value is -1.80. The number of amides is 1. The highest BCUT2D eigenvalue weighted by molar-refractivity contribution is 7.12. The lowest BCUT2D eigenvalue weighted by Crippen LogP contribution is -2.22. The summed E-state index contributed by atoms with van der Waals surface area (Å²) in [5.41, 5.74) is 0.544. The van der Waals surface area contributed by atoms with Gasteiger partial charge in [0, 0.05) is 21.9 Å². The lowest BCUT2D eigenvalue weighted by molar-refractivity contribution is 0.0951. The lowest BCUT2D eigenvalue weighted by atomic mass is 10.2. The number of carbonyl (C=O) groups is 1. The van der Waals surface area contributed by atoms with Crippen LogP contribution in [0, 0.1) is 11.8 Å². The van der Waals surface area contributed by atoms with E-state index >= 15 is 0 Å². The summed E-state index contributed by atoms with van der Waals surface area (Å²) in [6, 6.07) is 10.7. The van der Waals surface area contributed by atoms with Gasteiger partial charge in [0.25, 0.3) is 5.91 Å². The Kier molecular flexibility index (Phi) is 5.82. The smallest absolute Gasteiger partial charge is 0.251 e. The predicted molar refractivity (Wildman–Crippen MR) is 85.5 cm³/mol. The van der Waals surface area contributed by atoms with Gasteiger partial charge in [-0.3, -0.25) is 4.79 Å². The molecule has 0 fully saturated rings. The van der Waals surface area contributed by atoms with Crippen molar-refractivity contribution in [3.05, 3.63) is 56.7 Å². The van der Waals surface area contributed by atoms with Crippen molar-refractivity contribution in [3.63, 3.8) is 0 Å². The first-order valence-corrected chi connectivity index (χ1v) is 7.60. The van der Waals surface area contributed by atoms with E-state index in [0.717, 1.165) is 9.75 Å². The monoisotopic (exact) mass is 319 g/mol. The molecule has 21 heavy (non-hydrogen) atoms. The number of aliphatic hydroxyl groups is 1. The van der Waals surface area contributed by atoms with Crippen LogP contribution in [0.4, 0.5) is 0 Å². The number of thiophene rings is 1. The first kappa shape index (κ1) is 15.6. The van der Waals surface area contributed by atoms with Gasteiger partial charge in [0.2, 0.25) is 0 Å². The second kappa shape index (κ2) is 7.84. The summed E-state index contributed by atoms with van der Waals surface area (Å²) >= 11 is 7.39. The van der Waals surface area contributed by atoms with Crippen molar-refractivity contribution in [2.45, 2.75) is 13.0 Å². The van der Waals surface area contributed by atoms with Crippen molar-refractivity contribution < 1.29 is 9.90 Å². The third kappa shape index (κ3) is 4.91. The van der Waals surface area contributed by atoms with Crippen molar-refractivity contribution in [1.29, 1.82) is 0 Å². The molecule has 2 aromatic rings. The molecule has 0 aliphatic carbocycles. The van der Waals surface area contributed by atoms with Gasteiger partial charge in [-0.05, 0) is 30.3 Å². The van der Waals surface area contributed by atoms with Crippen molar-refractivity contribution in [3.8, 4) is 11.8 Å². The molecule has 1 heterocycles. The third-order valence-corrected chi connectivity index (χ3v) is 3.86. The molecule has 0 radical (unpaired) electrons. The van der Waals surface area contributed by atoms with E-state index in [2.05, 4.69) is 17.2 Å². The zero-order valence-electron chi connectivity index (χ0n) is 11.2. The molecule has 2 N–H and O–H groups in total. The van der Waals surface area contributed by atoms with E-state index in [0.29, 0.717) is 23.6 Å². The first-order chi connectivity index (χ1) is 10.2. The molecule has 1 aromatic heterocycles. The maximum absolute atomic E-state index is 12.0. The molecule has 0 spiro atoms. The van der Waals surface area contributed by atoms with Crippen LogP contribution in [-0.4, -0.2) is 17.6 Å². The summed E-state index contributed by atoms with van der Waals surface area (Å²) in [5, 5.41) is 12.1. The van der Waals surface area contributed by atoms with Gasteiger partial charge in [-0.2, -0.15) is 0 Å². The topological polar surface area (TPSA) is 49.3 Å². The van der Waals surface area contributed by atoms with E-state index in [9.17, 15) is 4.79 Å². The van der Waals surface area contributed by atoms with Crippen LogP contribution in [0.2, 0.25) is 5.02 Å². The van der Waals surface area contributed by atoms with Gasteiger partial charge in [0.15, 0.2) is 0 Å². The summed E-state index contributed by atoms with van der Waals surface area (Å²) in [5.74, 6) is 5.69. The van der Waals surface area contributed by atoms with Crippen LogP contribution in [0.15, 0.2) is 36.4 Å². The molecular weight excluding hydrogens is 306 g/mol. The van der Waals surface area contributed by atoms with E-state index in [1.54, 1.807) is 24.3 Å². The summed E-state index contributed by atoms with van der Waals surface area (Å²) in [6.07, 6.45) is 0.471. The van der Waals surface area contributed by atoms with Crippen LogP contribution in [-0.2, 0) is 6.54 Å². The van der Waals surface area contributed by atoms with Gasteiger partial charge in [0.05, 0.1) is 18.0 Å². The fourth-order valence-corrected chi connectivity index (χ4v) is 2.66. The Morgan fingerprint density at radius 2 is 2.19 bits per heavy atom. The quantitative estimate of drug-likeness (QED) is 0.851. The molecule has 0 saturated carbocycles. The maximum atomic E-state index is 12.0. The van der Waals surface area contributed by atoms with Crippen LogP contribution in [0.5, 0.6) is 0 Å². The van der Waals surface area contributed by atoms with Crippen molar-refractivity contribution in [1.82, 2.24) is 5.32 Å². The number of halogens is 1. The molecule has 1 amide bonds. The Bertz CT molecular complexity index is 685. The minimum absolute atomic E-state index is 0.0704. The number of aliphatic hydroxyl groups excluding tert-OH is 1. The van der Waals surface area contributed by atoms with Crippen molar-refractivity contribution >= 4 is 28.8 Å². The van der Waals surface area contributed by atoms with Crippen molar-refractivity contribution in [2.24, 2.45) is 0 Å². The summed E-state index contributed by atoms with van der Waals surface area (Å²) in [6.45, 7) is 0.526. The van der Waals surface area contributed by atoms with Crippen LogP contribution in [0.25, 0.3) is 0 Å². The second-order valence-corrected chi connectivity index (χ2v) is 5.84. The van der Waals surface area contributed by atoms with E-state index in [1.807, 2.05) is 12.1 Å². The van der Waals surface area contributed by atoms with E-state index in [4.69, 9.17) is 16.7 Å². The Labute approximate surface area is 132 Å². The molecule has 108 valence electrons. The molecule has 5 heteroatoms. The summed E-state index contributed by atoms with van der Waals surface area (Å²) in [4.78, 5) is 13.9. The number of rotatable bonds is 4. The summed E-state index contributed by atoms with van der Waals surface area (Å²) in [7, 11) is 0. The number of hydrogen-bond acceptors (Lipinski definition) is 3. The zero-order chi connectivity index (χ0) is 15.1. The molecule has 0 aliphatic rings. The second-order valence-electron chi connectivity index (χ2n) is 4.23. The lowest BCUT2D eigenvalue weighted by Gasteiger charge is -2.03. The molecular formula is C16H14ClNO2S. The molecule has 0 aliphatic heterocycles. The molecule has 1 aromatic carbocycles. The largest absolute Gasteiger partial charge is 0.395 e. The molecule has 3 nitrogen and oxygen atoms in total. The van der Waals surface area contributed by atoms with Gasteiger partial charge >= 0.3 is 0 Å². The standard InChI is InChI=1S/C16H14ClNO2S/c17-13-5-3-4-12(10-13)16(20)18-11-15-8-7-14(21-15)6-1-2-9-19/h3-5,7-8,10,19H,2,9,11H2,(H,18,20). The van der Waals surface area contributed by atoms with Crippen LogP contribution < -0.4 is 5.32 Å². The highest BCUT2D eigenvalue weighted by Crippen LogP contribution is 2.16. The number of carbonyl (C=O) groups excluding carboxylic acids is 1. The zero-order valence-corrected chi connectivity index (χ0v) is 12.8. The van der Waals surface area contributed by atoms with E-state index in [-0.39, 0.29) is 12.5 Å². The van der Waals surface area contributed by atoms with Gasteiger partial charge in [-0.15, -0.1) is 11.3 Å². The highest BCUT2D eigenvalue weighted by atomic mass is 35.5. The Morgan fingerprint density at radius 3 is 2.95 bits per heavy atom. The number of benzene rings is 1. The minimum atomic E-state index is -0.154. The van der Waals surface area contributed by atoms with Crippen LogP contribution in [0.3, 0.4) is 0 Å². The SMILES string of the molecule is O=C(NCc1ccc(C#CCCO)s1)c1cccc(Cl)c1. The van der Waals surface area contributed by atoms with Gasteiger partial charge in [-0.1, -0.05) is 29.5 Å².